The second-order valence-electron chi connectivity index (χ2n) is 10.9. The predicted octanol–water partition coefficient (Wildman–Crippen LogP) is 4.86. The summed E-state index contributed by atoms with van der Waals surface area (Å²) in [7, 11) is 0. The van der Waals surface area contributed by atoms with Crippen molar-refractivity contribution in [2.75, 3.05) is 11.9 Å². The van der Waals surface area contributed by atoms with Crippen molar-refractivity contribution in [1.82, 2.24) is 5.32 Å². The molecule has 0 saturated heterocycles. The maximum absolute atomic E-state index is 13.3. The van der Waals surface area contributed by atoms with Gasteiger partial charge in [0.1, 0.15) is 11.6 Å². The summed E-state index contributed by atoms with van der Waals surface area (Å²) in [6.45, 7) is 0.974. The summed E-state index contributed by atoms with van der Waals surface area (Å²) in [5, 5.41) is 6.93. The molecule has 0 aliphatic heterocycles. The second-order valence-corrected chi connectivity index (χ2v) is 12.0. The van der Waals surface area contributed by atoms with Crippen molar-refractivity contribution >= 4 is 34.1 Å². The average Bonchev–Trinajstić information content (AvgIpc) is 3.78. The van der Waals surface area contributed by atoms with Crippen LogP contribution in [-0.4, -0.2) is 24.3 Å². The van der Waals surface area contributed by atoms with Crippen molar-refractivity contribution in [3.8, 4) is 0 Å². The molecule has 3 saturated carbocycles. The number of esters is 1. The number of hydrogen-bond acceptors (Lipinski definition) is 5. The third-order valence-corrected chi connectivity index (χ3v) is 9.38. The van der Waals surface area contributed by atoms with Crippen LogP contribution in [-0.2, 0) is 33.8 Å². The number of carbonyl (C=O) groups excluding carboxylic acids is 3. The van der Waals surface area contributed by atoms with Crippen LogP contribution in [0.15, 0.2) is 30.3 Å². The van der Waals surface area contributed by atoms with E-state index < -0.39 is 0 Å². The predicted molar refractivity (Wildman–Crippen MR) is 134 cm³/mol. The number of fused-ring (bicyclic) bond motifs is 1. The highest BCUT2D eigenvalue weighted by Crippen LogP contribution is 2.70. The van der Waals surface area contributed by atoms with Gasteiger partial charge >= 0.3 is 5.97 Å². The van der Waals surface area contributed by atoms with Crippen molar-refractivity contribution < 1.29 is 19.1 Å². The van der Waals surface area contributed by atoms with Gasteiger partial charge in [-0.1, -0.05) is 30.3 Å². The molecule has 4 aliphatic rings. The molecule has 0 radical (unpaired) electrons. The maximum atomic E-state index is 13.3. The fourth-order valence-corrected chi connectivity index (χ4v) is 6.71. The van der Waals surface area contributed by atoms with E-state index in [0.29, 0.717) is 35.9 Å². The van der Waals surface area contributed by atoms with Crippen LogP contribution in [0, 0.1) is 23.2 Å². The van der Waals surface area contributed by atoms with Crippen LogP contribution in [0.5, 0.6) is 0 Å². The first-order valence-electron chi connectivity index (χ1n) is 12.9. The number of hydrogen-bond donors (Lipinski definition) is 2. The van der Waals surface area contributed by atoms with Gasteiger partial charge in [-0.3, -0.25) is 14.4 Å². The largest absolute Gasteiger partial charge is 0.461 e. The van der Waals surface area contributed by atoms with Crippen LogP contribution in [0.25, 0.3) is 0 Å². The first-order chi connectivity index (χ1) is 17.0. The number of nitrogens with one attached hydrogen (secondary N) is 2. The van der Waals surface area contributed by atoms with Gasteiger partial charge in [-0.25, -0.2) is 0 Å². The van der Waals surface area contributed by atoms with Crippen molar-refractivity contribution in [2.45, 2.75) is 64.4 Å². The Balaban J connectivity index is 1.14. The molecule has 0 bridgehead atoms. The zero-order valence-corrected chi connectivity index (χ0v) is 20.8. The van der Waals surface area contributed by atoms with E-state index in [2.05, 4.69) is 10.6 Å². The fourth-order valence-electron chi connectivity index (χ4n) is 5.47. The Bertz CT molecular complexity index is 1150. The quantitative estimate of drug-likeness (QED) is 0.490. The molecule has 3 fully saturated rings. The maximum Gasteiger partial charge on any atom is 0.306 e. The van der Waals surface area contributed by atoms with Crippen LogP contribution in [0.1, 0.15) is 71.3 Å². The molecule has 6 nitrogen and oxygen atoms in total. The van der Waals surface area contributed by atoms with Crippen LogP contribution in [0.3, 0.4) is 0 Å². The Morgan fingerprint density at radius 1 is 1.06 bits per heavy atom. The molecule has 35 heavy (non-hydrogen) atoms. The molecular weight excluding hydrogens is 460 g/mol. The molecule has 1 aromatic heterocycles. The topological polar surface area (TPSA) is 84.5 Å². The number of carbonyl (C=O) groups is 3. The number of benzene rings is 1. The van der Waals surface area contributed by atoms with Crippen molar-refractivity contribution in [1.29, 1.82) is 0 Å². The van der Waals surface area contributed by atoms with E-state index in [0.717, 1.165) is 43.2 Å². The molecule has 4 aliphatic carbocycles. The van der Waals surface area contributed by atoms with Crippen molar-refractivity contribution in [2.24, 2.45) is 23.2 Å². The van der Waals surface area contributed by atoms with Gasteiger partial charge in [0.2, 0.25) is 5.91 Å². The van der Waals surface area contributed by atoms with E-state index in [1.165, 1.54) is 17.7 Å². The van der Waals surface area contributed by atoms with Gasteiger partial charge in [0, 0.05) is 23.8 Å². The van der Waals surface area contributed by atoms with E-state index in [-0.39, 0.29) is 41.6 Å². The third kappa shape index (κ3) is 5.01. The smallest absolute Gasteiger partial charge is 0.306 e. The summed E-state index contributed by atoms with van der Waals surface area (Å²) in [6.07, 6.45) is 8.36. The van der Waals surface area contributed by atoms with Gasteiger partial charge in [0.15, 0.2) is 0 Å². The number of amides is 2. The highest BCUT2D eigenvalue weighted by atomic mass is 32.1. The SMILES string of the molecule is O=C(C[C@H]1CCc2sc(NC(=O)C3CC34CC4)c(C(=O)NCC3CC3)c2C1)OCc1ccccc1. The van der Waals surface area contributed by atoms with Gasteiger partial charge in [-0.15, -0.1) is 11.3 Å². The van der Waals surface area contributed by atoms with Crippen LogP contribution < -0.4 is 10.6 Å². The van der Waals surface area contributed by atoms with Gasteiger partial charge in [0.05, 0.1) is 5.56 Å². The minimum Gasteiger partial charge on any atom is -0.461 e. The summed E-state index contributed by atoms with van der Waals surface area (Å²) < 4.78 is 5.51. The van der Waals surface area contributed by atoms with Gasteiger partial charge in [0.25, 0.3) is 5.91 Å². The van der Waals surface area contributed by atoms with E-state index in [4.69, 9.17) is 4.74 Å². The average molecular weight is 493 g/mol. The van der Waals surface area contributed by atoms with E-state index in [1.54, 1.807) is 11.3 Å². The van der Waals surface area contributed by atoms with Crippen molar-refractivity contribution in [3.63, 3.8) is 0 Å². The Labute approximate surface area is 209 Å². The number of thiophene rings is 1. The molecule has 184 valence electrons. The van der Waals surface area contributed by atoms with Crippen LogP contribution in [0.4, 0.5) is 5.00 Å². The molecule has 2 amide bonds. The number of aryl methyl sites for hydroxylation is 1. The summed E-state index contributed by atoms with van der Waals surface area (Å²) in [5.41, 5.74) is 2.90. The summed E-state index contributed by atoms with van der Waals surface area (Å²) >= 11 is 1.55. The first-order valence-corrected chi connectivity index (χ1v) is 13.8. The normalized spacial score (nSPS) is 23.3. The van der Waals surface area contributed by atoms with Gasteiger partial charge < -0.3 is 15.4 Å². The number of anilines is 1. The number of ether oxygens (including phenoxy) is 1. The van der Waals surface area contributed by atoms with E-state index in [1.807, 2.05) is 30.3 Å². The highest BCUT2D eigenvalue weighted by molar-refractivity contribution is 7.17. The molecule has 1 unspecified atom stereocenters. The molecule has 1 heterocycles. The van der Waals surface area contributed by atoms with Gasteiger partial charge in [-0.05, 0) is 79.7 Å². The number of rotatable bonds is 9. The molecule has 2 atom stereocenters. The minimum atomic E-state index is -0.200. The Hall–Kier alpha value is -2.67. The van der Waals surface area contributed by atoms with E-state index in [9.17, 15) is 14.4 Å². The molecule has 1 aromatic carbocycles. The van der Waals surface area contributed by atoms with Crippen LogP contribution in [0.2, 0.25) is 0 Å². The standard InChI is InChI=1S/C28H32N2O4S/c31-23(34-16-18-4-2-1-3-5-18)13-19-8-9-22-20(12-19)24(26(33)29-15-17-6-7-17)27(35-22)30-25(32)21-14-28(21)10-11-28/h1-5,17,19,21H,6-16H2,(H,29,33)(H,30,32)/t19-,21?/m0/s1. The lowest BCUT2D eigenvalue weighted by molar-refractivity contribution is -0.146. The lowest BCUT2D eigenvalue weighted by Gasteiger charge is -2.22. The Morgan fingerprint density at radius 2 is 1.86 bits per heavy atom. The van der Waals surface area contributed by atoms with Crippen LogP contribution >= 0.6 is 11.3 Å². The fraction of sp³-hybridized carbons (Fsp3) is 0.536. The van der Waals surface area contributed by atoms with Gasteiger partial charge in [-0.2, -0.15) is 0 Å². The molecule has 7 heteroatoms. The summed E-state index contributed by atoms with van der Waals surface area (Å²) in [5.74, 6) is 0.606. The molecule has 2 aromatic rings. The molecule has 1 spiro atoms. The van der Waals surface area contributed by atoms with Crippen molar-refractivity contribution in [3.05, 3.63) is 51.9 Å². The molecule has 6 rings (SSSR count). The lowest BCUT2D eigenvalue weighted by Crippen LogP contribution is -2.28. The summed E-state index contributed by atoms with van der Waals surface area (Å²) in [4.78, 5) is 39.9. The second kappa shape index (κ2) is 9.08. The first kappa shape index (κ1) is 22.8. The zero-order chi connectivity index (χ0) is 24.0. The molecule has 2 N–H and O–H groups in total. The lowest BCUT2D eigenvalue weighted by atomic mass is 9.84. The van der Waals surface area contributed by atoms with E-state index >= 15 is 0 Å². The summed E-state index contributed by atoms with van der Waals surface area (Å²) in [6, 6.07) is 9.70. The highest BCUT2D eigenvalue weighted by Gasteiger charge is 2.65. The molecular formula is C28H32N2O4S. The third-order valence-electron chi connectivity index (χ3n) is 8.17. The minimum absolute atomic E-state index is 0.0679. The Kier molecular flexibility index (Phi) is 5.91. The Morgan fingerprint density at radius 3 is 2.57 bits per heavy atom. The monoisotopic (exact) mass is 492 g/mol. The zero-order valence-electron chi connectivity index (χ0n) is 19.9.